The number of ether oxygens (including phenoxy) is 2. The zero-order valence-electron chi connectivity index (χ0n) is 18.1. The predicted molar refractivity (Wildman–Crippen MR) is 122 cm³/mol. The molecule has 1 aromatic carbocycles. The number of sulfonamides is 1. The Morgan fingerprint density at radius 1 is 1.20 bits per heavy atom. The molecule has 9 heteroatoms. The molecule has 0 bridgehead atoms. The zero-order valence-corrected chi connectivity index (χ0v) is 18.9. The molecule has 0 atom stereocenters. The molecule has 0 radical (unpaired) electrons. The number of aliphatic imine (C=N–C) groups is 1. The van der Waals surface area contributed by atoms with Crippen LogP contribution in [0, 0.1) is 0 Å². The van der Waals surface area contributed by atoms with E-state index in [1.807, 2.05) is 38.1 Å². The van der Waals surface area contributed by atoms with Crippen LogP contribution in [0.5, 0.6) is 5.75 Å². The second kappa shape index (κ2) is 12.8. The maximum Gasteiger partial charge on any atom is 0.210 e. The Morgan fingerprint density at radius 2 is 1.90 bits per heavy atom. The van der Waals surface area contributed by atoms with Gasteiger partial charge >= 0.3 is 0 Å². The molecule has 0 amide bonds. The molecule has 8 nitrogen and oxygen atoms in total. The average molecular weight is 441 g/mol. The van der Waals surface area contributed by atoms with E-state index in [0.29, 0.717) is 25.2 Å². The third-order valence-corrected chi connectivity index (χ3v) is 5.42. The minimum absolute atomic E-state index is 0.108. The fraction of sp³-hybridized carbons (Fsp3) is 0.667. The lowest BCUT2D eigenvalue weighted by Gasteiger charge is -2.21. The molecule has 0 heterocycles. The lowest BCUT2D eigenvalue weighted by molar-refractivity contribution is 0.0281. The molecule has 4 N–H and O–H groups in total. The Kier molecular flexibility index (Phi) is 10.4. The highest BCUT2D eigenvalue weighted by Crippen LogP contribution is 2.20. The van der Waals surface area contributed by atoms with Gasteiger partial charge in [0.2, 0.25) is 10.0 Å². The van der Waals surface area contributed by atoms with Crippen molar-refractivity contribution in [1.82, 2.24) is 5.32 Å². The maximum absolute atomic E-state index is 11.2. The lowest BCUT2D eigenvalue weighted by Crippen LogP contribution is -2.36. The fourth-order valence-corrected chi connectivity index (χ4v) is 3.60. The van der Waals surface area contributed by atoms with Crippen LogP contribution in [0.1, 0.15) is 52.4 Å². The monoisotopic (exact) mass is 440 g/mol. The molecule has 1 aromatic rings. The highest BCUT2D eigenvalue weighted by molar-refractivity contribution is 7.89. The minimum atomic E-state index is -3.53. The standard InChI is InChI=1S/C21H36N4O4S/c1-17(2)29-20-11-9-18(10-12-20)25-21(24-14-16-30(22,26)27)23-13-6-15-28-19-7-4-3-5-8-19/h9-12,17,19H,3-8,13-16H2,1-2H3,(H2,22,26,27)(H2,23,24,25). The van der Waals surface area contributed by atoms with Gasteiger partial charge in [-0.3, -0.25) is 4.99 Å². The van der Waals surface area contributed by atoms with Gasteiger partial charge in [0, 0.05) is 25.4 Å². The predicted octanol–water partition coefficient (Wildman–Crippen LogP) is 2.86. The smallest absolute Gasteiger partial charge is 0.210 e. The molecule has 0 aliphatic heterocycles. The second-order valence-electron chi connectivity index (χ2n) is 7.82. The zero-order chi connectivity index (χ0) is 21.8. The molecule has 1 saturated carbocycles. The van der Waals surface area contributed by atoms with Crippen LogP contribution in [0.3, 0.4) is 0 Å². The van der Waals surface area contributed by atoms with Crippen LogP contribution in [0.25, 0.3) is 0 Å². The minimum Gasteiger partial charge on any atom is -0.491 e. The number of benzene rings is 1. The normalized spacial score (nSPS) is 15.9. The van der Waals surface area contributed by atoms with Crippen molar-refractivity contribution in [2.24, 2.45) is 10.1 Å². The van der Waals surface area contributed by atoms with Crippen LogP contribution in [-0.2, 0) is 14.8 Å². The first-order valence-electron chi connectivity index (χ1n) is 10.8. The van der Waals surface area contributed by atoms with Crippen molar-refractivity contribution in [1.29, 1.82) is 0 Å². The maximum atomic E-state index is 11.2. The molecule has 1 aliphatic rings. The summed E-state index contributed by atoms with van der Waals surface area (Å²) in [5, 5.41) is 11.3. The molecule has 1 aliphatic carbocycles. The number of primary sulfonamides is 1. The Balaban J connectivity index is 1.85. The summed E-state index contributed by atoms with van der Waals surface area (Å²) in [4.78, 5) is 4.54. The molecule has 0 saturated heterocycles. The molecule has 0 unspecified atom stereocenters. The number of nitrogens with zero attached hydrogens (tertiary/aromatic N) is 1. The van der Waals surface area contributed by atoms with Gasteiger partial charge in [-0.2, -0.15) is 0 Å². The van der Waals surface area contributed by atoms with E-state index in [0.717, 1.165) is 30.7 Å². The molecule has 1 fully saturated rings. The number of guanidine groups is 1. The summed E-state index contributed by atoms with van der Waals surface area (Å²) in [6.07, 6.45) is 7.44. The summed E-state index contributed by atoms with van der Waals surface area (Å²) < 4.78 is 34.0. The lowest BCUT2D eigenvalue weighted by atomic mass is 9.98. The van der Waals surface area contributed by atoms with Gasteiger partial charge in [-0.1, -0.05) is 19.3 Å². The Bertz CT molecular complexity index is 745. The summed E-state index contributed by atoms with van der Waals surface area (Å²) >= 11 is 0. The van der Waals surface area contributed by atoms with Crippen molar-refractivity contribution >= 4 is 21.7 Å². The first-order chi connectivity index (χ1) is 14.3. The highest BCUT2D eigenvalue weighted by Gasteiger charge is 2.13. The largest absolute Gasteiger partial charge is 0.491 e. The van der Waals surface area contributed by atoms with Crippen LogP contribution < -0.4 is 20.5 Å². The van der Waals surface area contributed by atoms with Crippen LogP contribution in [0.2, 0.25) is 0 Å². The van der Waals surface area contributed by atoms with Gasteiger partial charge < -0.3 is 20.1 Å². The number of hydrogen-bond acceptors (Lipinski definition) is 5. The number of nitrogens with one attached hydrogen (secondary N) is 2. The van der Waals surface area contributed by atoms with E-state index in [4.69, 9.17) is 14.6 Å². The van der Waals surface area contributed by atoms with Gasteiger partial charge in [0.1, 0.15) is 5.75 Å². The molecule has 170 valence electrons. The molecular weight excluding hydrogens is 404 g/mol. The Hall–Kier alpha value is -1.84. The van der Waals surface area contributed by atoms with Crippen molar-refractivity contribution in [3.63, 3.8) is 0 Å². The van der Waals surface area contributed by atoms with Crippen LogP contribution in [-0.4, -0.2) is 52.0 Å². The van der Waals surface area contributed by atoms with E-state index in [-0.39, 0.29) is 18.4 Å². The third-order valence-electron chi connectivity index (χ3n) is 4.65. The molecule has 30 heavy (non-hydrogen) atoms. The fourth-order valence-electron chi connectivity index (χ4n) is 3.21. The number of hydrogen-bond donors (Lipinski definition) is 3. The van der Waals surface area contributed by atoms with Gasteiger partial charge in [0.05, 0.1) is 18.0 Å². The summed E-state index contributed by atoms with van der Waals surface area (Å²) in [5.41, 5.74) is 0.825. The summed E-state index contributed by atoms with van der Waals surface area (Å²) in [6, 6.07) is 7.53. The van der Waals surface area contributed by atoms with E-state index in [2.05, 4.69) is 15.6 Å². The van der Waals surface area contributed by atoms with E-state index in [1.54, 1.807) is 0 Å². The van der Waals surface area contributed by atoms with Crippen molar-refractivity contribution < 1.29 is 17.9 Å². The second-order valence-corrected chi connectivity index (χ2v) is 9.56. The van der Waals surface area contributed by atoms with Crippen LogP contribution in [0.4, 0.5) is 5.69 Å². The van der Waals surface area contributed by atoms with E-state index >= 15 is 0 Å². The molecular formula is C21H36N4O4S. The van der Waals surface area contributed by atoms with E-state index in [9.17, 15) is 8.42 Å². The molecule has 0 spiro atoms. The van der Waals surface area contributed by atoms with Crippen molar-refractivity contribution in [2.75, 3.05) is 30.8 Å². The SMILES string of the molecule is CC(C)Oc1ccc(NC(=NCCCOC2CCCCC2)NCCS(N)(=O)=O)cc1. The third kappa shape index (κ3) is 10.8. The Labute approximate surface area is 180 Å². The summed E-state index contributed by atoms with van der Waals surface area (Å²) in [7, 11) is -3.53. The van der Waals surface area contributed by atoms with Gasteiger partial charge in [-0.15, -0.1) is 0 Å². The van der Waals surface area contributed by atoms with Gasteiger partial charge in [0.25, 0.3) is 0 Å². The van der Waals surface area contributed by atoms with Crippen molar-refractivity contribution in [3.05, 3.63) is 24.3 Å². The van der Waals surface area contributed by atoms with Crippen LogP contribution in [0.15, 0.2) is 29.3 Å². The number of nitrogens with two attached hydrogens (primary N) is 1. The first kappa shape index (κ1) is 24.4. The van der Waals surface area contributed by atoms with E-state index in [1.165, 1.54) is 19.3 Å². The average Bonchev–Trinajstić information content (AvgIpc) is 2.68. The topological polar surface area (TPSA) is 115 Å². The summed E-state index contributed by atoms with van der Waals surface area (Å²) in [5.74, 6) is 1.13. The van der Waals surface area contributed by atoms with Crippen LogP contribution >= 0.6 is 0 Å². The van der Waals surface area contributed by atoms with Gasteiger partial charge in [-0.25, -0.2) is 13.6 Å². The number of anilines is 1. The highest BCUT2D eigenvalue weighted by atomic mass is 32.2. The van der Waals surface area contributed by atoms with Gasteiger partial charge in [-0.05, 0) is 57.4 Å². The molecule has 0 aromatic heterocycles. The Morgan fingerprint density at radius 3 is 2.53 bits per heavy atom. The molecule has 2 rings (SSSR count). The van der Waals surface area contributed by atoms with Gasteiger partial charge in [0.15, 0.2) is 5.96 Å². The first-order valence-corrected chi connectivity index (χ1v) is 12.5. The summed E-state index contributed by atoms with van der Waals surface area (Å²) in [6.45, 7) is 5.39. The quantitative estimate of drug-likeness (QED) is 0.277. The number of rotatable bonds is 11. The van der Waals surface area contributed by atoms with Crippen molar-refractivity contribution in [2.45, 2.75) is 64.6 Å². The van der Waals surface area contributed by atoms with E-state index < -0.39 is 10.0 Å². The van der Waals surface area contributed by atoms with Crippen molar-refractivity contribution in [3.8, 4) is 5.75 Å².